The fourth-order valence-electron chi connectivity index (χ4n) is 0.793. The minimum absolute atomic E-state index is 0.112. The molecule has 0 aromatic rings. The Morgan fingerprint density at radius 2 is 1.67 bits per heavy atom. The van der Waals surface area contributed by atoms with E-state index < -0.39 is 30.5 Å². The van der Waals surface area contributed by atoms with Crippen molar-refractivity contribution in [2.75, 3.05) is 11.3 Å². The van der Waals surface area contributed by atoms with Gasteiger partial charge < -0.3 is 0 Å². The van der Waals surface area contributed by atoms with Crippen LogP contribution in [0.15, 0.2) is 0 Å². The maximum absolute atomic E-state index is 11.5. The van der Waals surface area contributed by atoms with Crippen LogP contribution in [0, 0.1) is 0 Å². The fraction of sp³-hybridized carbons (Fsp3) is 1.00. The third-order valence-corrected chi connectivity index (χ3v) is 6.72. The molecule has 5 nitrogen and oxygen atoms in total. The van der Waals surface area contributed by atoms with Crippen molar-refractivity contribution >= 4 is 35.8 Å². The molecule has 1 atom stereocenters. The molecule has 15 heavy (non-hydrogen) atoms. The zero-order valence-corrected chi connectivity index (χ0v) is 12.3. The molecule has 0 saturated heterocycles. The highest BCUT2D eigenvalue weighted by molar-refractivity contribution is 9.09. The molecule has 0 amide bonds. The summed E-state index contributed by atoms with van der Waals surface area (Å²) in [6, 6.07) is 0. The second-order valence-corrected chi connectivity index (χ2v) is 9.70. The number of sulfone groups is 1. The van der Waals surface area contributed by atoms with E-state index in [2.05, 4.69) is 20.7 Å². The molecule has 92 valence electrons. The molecule has 0 spiro atoms. The minimum Gasteiger partial charge on any atom is -0.228 e. The van der Waals surface area contributed by atoms with E-state index >= 15 is 0 Å². The molecule has 0 saturated carbocycles. The SMILES string of the molecule is CC(Br)C(C)(C)NS(=O)(=O)CS(C)(=O)=O. The van der Waals surface area contributed by atoms with Gasteiger partial charge in [-0.05, 0) is 13.8 Å². The molecule has 0 aliphatic carbocycles. The lowest BCUT2D eigenvalue weighted by molar-refractivity contribution is 0.455. The van der Waals surface area contributed by atoms with E-state index in [1.54, 1.807) is 20.8 Å². The summed E-state index contributed by atoms with van der Waals surface area (Å²) in [5.74, 6) is 0. The maximum Gasteiger partial charge on any atom is 0.226 e. The highest BCUT2D eigenvalue weighted by Gasteiger charge is 2.30. The van der Waals surface area contributed by atoms with Gasteiger partial charge in [-0.2, -0.15) is 0 Å². The number of halogens is 1. The molecule has 8 heteroatoms. The molecular weight excluding hydrogens is 306 g/mol. The Balaban J connectivity index is 4.82. The van der Waals surface area contributed by atoms with Crippen molar-refractivity contribution in [3.63, 3.8) is 0 Å². The number of alkyl halides is 1. The summed E-state index contributed by atoms with van der Waals surface area (Å²) in [7, 11) is -7.36. The summed E-state index contributed by atoms with van der Waals surface area (Å²) >= 11 is 3.25. The molecular formula is C7H16BrNO4S2. The average molecular weight is 322 g/mol. The van der Waals surface area contributed by atoms with Gasteiger partial charge in [0.2, 0.25) is 10.0 Å². The first-order chi connectivity index (χ1) is 6.36. The van der Waals surface area contributed by atoms with Crippen molar-refractivity contribution in [1.29, 1.82) is 0 Å². The second kappa shape index (κ2) is 4.68. The van der Waals surface area contributed by atoms with Gasteiger partial charge in [0.1, 0.15) is 0 Å². The first-order valence-corrected chi connectivity index (χ1v) is 8.82. The summed E-state index contributed by atoms with van der Waals surface area (Å²) in [5.41, 5.74) is -0.733. The van der Waals surface area contributed by atoms with Crippen LogP contribution in [0.2, 0.25) is 0 Å². The number of hydrogen-bond donors (Lipinski definition) is 1. The van der Waals surface area contributed by atoms with Gasteiger partial charge in [-0.1, -0.05) is 22.9 Å². The van der Waals surface area contributed by atoms with Crippen molar-refractivity contribution in [1.82, 2.24) is 4.72 Å². The third-order valence-electron chi connectivity index (χ3n) is 1.78. The molecule has 0 heterocycles. The van der Waals surface area contributed by atoms with E-state index in [1.807, 2.05) is 0 Å². The molecule has 1 N–H and O–H groups in total. The monoisotopic (exact) mass is 321 g/mol. The normalized spacial score (nSPS) is 16.3. The molecule has 0 aliphatic rings. The fourth-order valence-corrected chi connectivity index (χ4v) is 4.53. The van der Waals surface area contributed by atoms with Gasteiger partial charge in [-0.3, -0.25) is 0 Å². The second-order valence-electron chi connectivity index (χ2n) is 4.10. The topological polar surface area (TPSA) is 80.3 Å². The Morgan fingerprint density at radius 3 is 1.93 bits per heavy atom. The number of hydrogen-bond acceptors (Lipinski definition) is 4. The van der Waals surface area contributed by atoms with Gasteiger partial charge in [-0.25, -0.2) is 21.6 Å². The molecule has 0 rings (SSSR count). The largest absolute Gasteiger partial charge is 0.228 e. The van der Waals surface area contributed by atoms with E-state index in [-0.39, 0.29) is 4.83 Å². The van der Waals surface area contributed by atoms with Crippen LogP contribution in [0.3, 0.4) is 0 Å². The predicted molar refractivity (Wildman–Crippen MR) is 64.2 cm³/mol. The highest BCUT2D eigenvalue weighted by atomic mass is 79.9. The van der Waals surface area contributed by atoms with E-state index in [9.17, 15) is 16.8 Å². The van der Waals surface area contributed by atoms with Crippen LogP contribution >= 0.6 is 15.9 Å². The highest BCUT2D eigenvalue weighted by Crippen LogP contribution is 2.18. The summed E-state index contributed by atoms with van der Waals surface area (Å²) in [6.07, 6.45) is 0.886. The maximum atomic E-state index is 11.5. The van der Waals surface area contributed by atoms with Gasteiger partial charge in [0.25, 0.3) is 0 Å². The van der Waals surface area contributed by atoms with E-state index in [1.165, 1.54) is 0 Å². The molecule has 0 aromatic carbocycles. The lowest BCUT2D eigenvalue weighted by Crippen LogP contribution is -2.50. The lowest BCUT2D eigenvalue weighted by Gasteiger charge is -2.28. The van der Waals surface area contributed by atoms with E-state index in [0.717, 1.165) is 6.26 Å². The first kappa shape index (κ1) is 15.3. The van der Waals surface area contributed by atoms with Gasteiger partial charge in [0.15, 0.2) is 14.9 Å². The van der Waals surface area contributed by atoms with Crippen LogP contribution in [0.4, 0.5) is 0 Å². The van der Waals surface area contributed by atoms with Crippen molar-refractivity contribution in [2.24, 2.45) is 0 Å². The number of rotatable bonds is 5. The quantitative estimate of drug-likeness (QED) is 0.746. The van der Waals surface area contributed by atoms with E-state index in [0.29, 0.717) is 0 Å². The Bertz CT molecular complexity index is 410. The number of sulfonamides is 1. The first-order valence-electron chi connectivity index (χ1n) is 4.19. The molecule has 0 aliphatic heterocycles. The van der Waals surface area contributed by atoms with Gasteiger partial charge in [0.05, 0.1) is 0 Å². The van der Waals surface area contributed by atoms with Crippen LogP contribution < -0.4 is 4.72 Å². The molecule has 0 radical (unpaired) electrons. The molecule has 1 unspecified atom stereocenters. The minimum atomic E-state index is -3.81. The lowest BCUT2D eigenvalue weighted by atomic mass is 10.0. The van der Waals surface area contributed by atoms with Crippen LogP contribution in [-0.4, -0.2) is 38.5 Å². The molecule has 0 bridgehead atoms. The van der Waals surface area contributed by atoms with Crippen molar-refractivity contribution in [3.8, 4) is 0 Å². The van der Waals surface area contributed by atoms with Crippen LogP contribution in [0.1, 0.15) is 20.8 Å². The number of nitrogens with one attached hydrogen (secondary N) is 1. The standard InChI is InChI=1S/C7H16BrNO4S2/c1-6(8)7(2,3)9-15(12,13)5-14(4,10)11/h6,9H,5H2,1-4H3. The predicted octanol–water partition coefficient (Wildman–Crippen LogP) is 0.470. The van der Waals surface area contributed by atoms with Gasteiger partial charge >= 0.3 is 0 Å². The Labute approximate surface area is 99.7 Å². The van der Waals surface area contributed by atoms with Crippen molar-refractivity contribution < 1.29 is 16.8 Å². The molecule has 0 aromatic heterocycles. The van der Waals surface area contributed by atoms with Gasteiger partial charge in [-0.15, -0.1) is 0 Å². The average Bonchev–Trinajstić information content (AvgIpc) is 1.75. The summed E-state index contributed by atoms with van der Waals surface area (Å²) in [6.45, 7) is 5.13. The van der Waals surface area contributed by atoms with Crippen molar-refractivity contribution in [2.45, 2.75) is 31.1 Å². The smallest absolute Gasteiger partial charge is 0.226 e. The zero-order chi connectivity index (χ0) is 12.5. The molecule has 0 fully saturated rings. The van der Waals surface area contributed by atoms with Crippen LogP contribution in [0.5, 0.6) is 0 Å². The zero-order valence-electron chi connectivity index (χ0n) is 9.11. The Morgan fingerprint density at radius 1 is 1.27 bits per heavy atom. The van der Waals surface area contributed by atoms with Crippen LogP contribution in [0.25, 0.3) is 0 Å². The van der Waals surface area contributed by atoms with Gasteiger partial charge in [0, 0.05) is 16.6 Å². The Hall–Kier alpha value is 0.340. The Kier molecular flexibility index (Phi) is 4.79. The third kappa shape index (κ3) is 6.49. The van der Waals surface area contributed by atoms with Crippen molar-refractivity contribution in [3.05, 3.63) is 0 Å². The van der Waals surface area contributed by atoms with E-state index in [4.69, 9.17) is 0 Å². The van der Waals surface area contributed by atoms with Crippen LogP contribution in [-0.2, 0) is 19.9 Å². The summed E-state index contributed by atoms with van der Waals surface area (Å²) in [5, 5.41) is -0.886. The summed E-state index contributed by atoms with van der Waals surface area (Å²) < 4.78 is 47.0. The summed E-state index contributed by atoms with van der Waals surface area (Å²) in [4.78, 5) is -0.112.